The molecule has 2 aromatic rings. The molecule has 0 heterocycles. The summed E-state index contributed by atoms with van der Waals surface area (Å²) in [7, 11) is 0. The van der Waals surface area contributed by atoms with Gasteiger partial charge < -0.3 is 10.6 Å². The lowest BCUT2D eigenvalue weighted by Gasteiger charge is -2.27. The van der Waals surface area contributed by atoms with Crippen LogP contribution in [0.25, 0.3) is 0 Å². The van der Waals surface area contributed by atoms with Gasteiger partial charge in [-0.3, -0.25) is 9.59 Å². The van der Waals surface area contributed by atoms with Crippen LogP contribution in [-0.4, -0.2) is 11.8 Å². The van der Waals surface area contributed by atoms with Crippen molar-refractivity contribution in [2.45, 2.75) is 45.4 Å². The molecule has 0 atom stereocenters. The number of benzene rings is 2. The fourth-order valence-corrected chi connectivity index (χ4v) is 3.61. The third-order valence-corrected chi connectivity index (χ3v) is 5.45. The van der Waals surface area contributed by atoms with Crippen molar-refractivity contribution >= 4 is 23.2 Å². The van der Waals surface area contributed by atoms with Crippen LogP contribution in [0.2, 0.25) is 0 Å². The molecule has 0 radical (unpaired) electrons. The Morgan fingerprint density at radius 2 is 1.39 bits per heavy atom. The van der Waals surface area contributed by atoms with Crippen molar-refractivity contribution < 1.29 is 14.0 Å². The lowest BCUT2D eigenvalue weighted by molar-refractivity contribution is -0.125. The van der Waals surface area contributed by atoms with Gasteiger partial charge in [-0.25, -0.2) is 4.39 Å². The molecule has 1 aliphatic carbocycles. The van der Waals surface area contributed by atoms with E-state index in [2.05, 4.69) is 24.5 Å². The van der Waals surface area contributed by atoms with Crippen LogP contribution in [-0.2, 0) is 9.59 Å². The third kappa shape index (κ3) is 4.97. The first kappa shape index (κ1) is 20.1. The molecule has 0 unspecified atom stereocenters. The minimum Gasteiger partial charge on any atom is -0.326 e. The van der Waals surface area contributed by atoms with E-state index in [0.717, 1.165) is 5.69 Å². The van der Waals surface area contributed by atoms with Crippen molar-refractivity contribution in [2.24, 2.45) is 11.8 Å². The molecule has 28 heavy (non-hydrogen) atoms. The van der Waals surface area contributed by atoms with E-state index in [1.165, 1.54) is 11.6 Å². The zero-order valence-electron chi connectivity index (χ0n) is 16.4. The Kier molecular flexibility index (Phi) is 6.45. The molecule has 2 N–H and O–H groups in total. The molecule has 1 fully saturated rings. The Balaban J connectivity index is 1.49. The van der Waals surface area contributed by atoms with Gasteiger partial charge in [0.2, 0.25) is 11.8 Å². The number of halogens is 1. The minimum absolute atomic E-state index is 0.00487. The average molecular weight is 382 g/mol. The van der Waals surface area contributed by atoms with E-state index in [1.807, 2.05) is 24.3 Å². The molecule has 0 spiro atoms. The predicted molar refractivity (Wildman–Crippen MR) is 110 cm³/mol. The van der Waals surface area contributed by atoms with Gasteiger partial charge in [-0.15, -0.1) is 0 Å². The highest BCUT2D eigenvalue weighted by Crippen LogP contribution is 2.31. The van der Waals surface area contributed by atoms with Crippen LogP contribution in [0, 0.1) is 17.7 Å². The van der Waals surface area contributed by atoms with Crippen molar-refractivity contribution in [1.29, 1.82) is 0 Å². The maximum Gasteiger partial charge on any atom is 0.227 e. The summed E-state index contributed by atoms with van der Waals surface area (Å²) in [6.45, 7) is 4.27. The summed E-state index contributed by atoms with van der Waals surface area (Å²) >= 11 is 0. The zero-order valence-corrected chi connectivity index (χ0v) is 16.4. The van der Waals surface area contributed by atoms with Crippen LogP contribution in [0.4, 0.5) is 15.8 Å². The summed E-state index contributed by atoms with van der Waals surface area (Å²) in [4.78, 5) is 24.9. The zero-order chi connectivity index (χ0) is 20.1. The lowest BCUT2D eigenvalue weighted by Crippen LogP contribution is -2.32. The van der Waals surface area contributed by atoms with E-state index >= 15 is 0 Å². The molecular weight excluding hydrogens is 355 g/mol. The molecular formula is C23H27FN2O2. The van der Waals surface area contributed by atoms with Crippen LogP contribution in [0.15, 0.2) is 48.5 Å². The lowest BCUT2D eigenvalue weighted by atomic mass is 9.81. The van der Waals surface area contributed by atoms with Crippen LogP contribution in [0.5, 0.6) is 0 Å². The van der Waals surface area contributed by atoms with E-state index in [9.17, 15) is 14.0 Å². The minimum atomic E-state index is -0.438. The van der Waals surface area contributed by atoms with E-state index < -0.39 is 5.82 Å². The highest BCUT2D eigenvalue weighted by Gasteiger charge is 2.30. The van der Waals surface area contributed by atoms with E-state index in [-0.39, 0.29) is 29.3 Å². The first-order valence-electron chi connectivity index (χ1n) is 9.90. The first-order chi connectivity index (χ1) is 13.4. The van der Waals surface area contributed by atoms with Gasteiger partial charge in [-0.1, -0.05) is 38.1 Å². The monoisotopic (exact) mass is 382 g/mol. The van der Waals surface area contributed by atoms with Crippen LogP contribution in [0.1, 0.15) is 51.0 Å². The normalized spacial score (nSPS) is 19.3. The Morgan fingerprint density at radius 3 is 1.93 bits per heavy atom. The molecule has 4 nitrogen and oxygen atoms in total. The Labute approximate surface area is 165 Å². The van der Waals surface area contributed by atoms with Crippen LogP contribution in [0.3, 0.4) is 0 Å². The van der Waals surface area contributed by atoms with Gasteiger partial charge in [0.15, 0.2) is 0 Å². The molecule has 2 aromatic carbocycles. The van der Waals surface area contributed by atoms with Gasteiger partial charge in [0, 0.05) is 17.5 Å². The number of para-hydroxylation sites is 1. The number of rotatable bonds is 5. The molecule has 0 aliphatic heterocycles. The topological polar surface area (TPSA) is 58.2 Å². The SMILES string of the molecule is CC(C)c1ccc(NC(=O)C2CCC(C(=O)Nc3ccccc3F)CC2)cc1. The molecule has 3 rings (SSSR count). The number of amides is 2. The summed E-state index contributed by atoms with van der Waals surface area (Å²) in [6, 6.07) is 14.1. The van der Waals surface area contributed by atoms with Gasteiger partial charge >= 0.3 is 0 Å². The molecule has 1 saturated carbocycles. The fourth-order valence-electron chi connectivity index (χ4n) is 3.61. The van der Waals surface area contributed by atoms with Crippen LogP contribution >= 0.6 is 0 Å². The summed E-state index contributed by atoms with van der Waals surface area (Å²) in [5.41, 5.74) is 2.24. The fraction of sp³-hybridized carbons (Fsp3) is 0.391. The average Bonchev–Trinajstić information content (AvgIpc) is 2.70. The second-order valence-electron chi connectivity index (χ2n) is 7.78. The summed E-state index contributed by atoms with van der Waals surface area (Å²) in [5, 5.41) is 5.64. The quantitative estimate of drug-likeness (QED) is 0.734. The summed E-state index contributed by atoms with van der Waals surface area (Å²) < 4.78 is 13.7. The number of nitrogens with one attached hydrogen (secondary N) is 2. The second kappa shape index (κ2) is 9.00. The number of carbonyl (C=O) groups is 2. The summed E-state index contributed by atoms with van der Waals surface area (Å²) in [6.07, 6.45) is 2.58. The van der Waals surface area contributed by atoms with E-state index in [0.29, 0.717) is 31.6 Å². The molecule has 0 saturated heterocycles. The van der Waals surface area contributed by atoms with Crippen molar-refractivity contribution in [3.05, 3.63) is 59.9 Å². The maximum absolute atomic E-state index is 13.7. The second-order valence-corrected chi connectivity index (χ2v) is 7.78. The van der Waals surface area contributed by atoms with Crippen molar-refractivity contribution in [1.82, 2.24) is 0 Å². The van der Waals surface area contributed by atoms with Crippen LogP contribution < -0.4 is 10.6 Å². The van der Waals surface area contributed by atoms with Crippen molar-refractivity contribution in [3.63, 3.8) is 0 Å². The highest BCUT2D eigenvalue weighted by atomic mass is 19.1. The highest BCUT2D eigenvalue weighted by molar-refractivity contribution is 5.94. The number of hydrogen-bond acceptors (Lipinski definition) is 2. The largest absolute Gasteiger partial charge is 0.326 e. The number of hydrogen-bond donors (Lipinski definition) is 2. The first-order valence-corrected chi connectivity index (χ1v) is 9.90. The van der Waals surface area contributed by atoms with Crippen molar-refractivity contribution in [3.8, 4) is 0 Å². The molecule has 0 bridgehead atoms. The smallest absolute Gasteiger partial charge is 0.227 e. The van der Waals surface area contributed by atoms with Gasteiger partial charge in [0.25, 0.3) is 0 Å². The Morgan fingerprint density at radius 1 is 0.857 bits per heavy atom. The van der Waals surface area contributed by atoms with Gasteiger partial charge in [-0.05, 0) is 61.4 Å². The molecule has 0 aromatic heterocycles. The number of anilines is 2. The Bertz CT molecular complexity index is 825. The van der Waals surface area contributed by atoms with Gasteiger partial charge in [0.1, 0.15) is 5.82 Å². The molecule has 5 heteroatoms. The molecule has 148 valence electrons. The van der Waals surface area contributed by atoms with E-state index in [4.69, 9.17) is 0 Å². The molecule has 1 aliphatic rings. The standard InChI is InChI=1S/C23H27FN2O2/c1-15(2)16-11-13-19(14-12-16)25-22(27)17-7-9-18(10-8-17)23(28)26-21-6-4-3-5-20(21)24/h3-6,11-15,17-18H,7-10H2,1-2H3,(H,25,27)(H,26,28). The maximum atomic E-state index is 13.7. The summed E-state index contributed by atoms with van der Waals surface area (Å²) in [5.74, 6) is -0.433. The van der Waals surface area contributed by atoms with E-state index in [1.54, 1.807) is 18.2 Å². The molecule has 2 amide bonds. The predicted octanol–water partition coefficient (Wildman–Crippen LogP) is 5.33. The van der Waals surface area contributed by atoms with Crippen molar-refractivity contribution in [2.75, 3.05) is 10.6 Å². The third-order valence-electron chi connectivity index (χ3n) is 5.45. The van der Waals surface area contributed by atoms with Gasteiger partial charge in [0.05, 0.1) is 5.69 Å². The number of carbonyl (C=O) groups excluding carboxylic acids is 2. The Hall–Kier alpha value is -2.69. The van der Waals surface area contributed by atoms with Gasteiger partial charge in [-0.2, -0.15) is 0 Å².